The molecular weight excluding hydrogens is 466 g/mol. The summed E-state index contributed by atoms with van der Waals surface area (Å²) in [6, 6.07) is 17.8. The van der Waals surface area contributed by atoms with Crippen LogP contribution in [0.25, 0.3) is 10.9 Å². The molecule has 2 unspecified atom stereocenters. The third kappa shape index (κ3) is 3.78. The van der Waals surface area contributed by atoms with Crippen LogP contribution in [0.2, 0.25) is 5.02 Å². The lowest BCUT2D eigenvalue weighted by molar-refractivity contribution is -0.119. The number of carbonyl (C=O) groups is 2. The summed E-state index contributed by atoms with van der Waals surface area (Å²) < 4.78 is 10.7. The van der Waals surface area contributed by atoms with Gasteiger partial charge in [-0.1, -0.05) is 48.0 Å². The van der Waals surface area contributed by atoms with Gasteiger partial charge in [0.2, 0.25) is 5.91 Å². The molecule has 5 rings (SSSR count). The van der Waals surface area contributed by atoms with Gasteiger partial charge in [0, 0.05) is 41.3 Å². The summed E-state index contributed by atoms with van der Waals surface area (Å²) in [6.45, 7) is 0. The Morgan fingerprint density at radius 2 is 1.71 bits per heavy atom. The molecule has 1 aliphatic rings. The Hall–Kier alpha value is -3.97. The monoisotopic (exact) mass is 489 g/mol. The number of ether oxygens (including phenoxy) is 2. The number of nitrogens with zero attached hydrogens (tertiary/aromatic N) is 1. The van der Waals surface area contributed by atoms with Crippen LogP contribution in [0.5, 0.6) is 11.5 Å². The highest BCUT2D eigenvalue weighted by Gasteiger charge is 2.43. The second kappa shape index (κ2) is 9.00. The van der Waals surface area contributed by atoms with E-state index in [2.05, 4.69) is 10.3 Å². The Morgan fingerprint density at radius 1 is 1.00 bits per heavy atom. The van der Waals surface area contributed by atoms with Gasteiger partial charge in [-0.05, 0) is 23.8 Å². The summed E-state index contributed by atoms with van der Waals surface area (Å²) in [7, 11) is 4.75. The number of benzene rings is 3. The van der Waals surface area contributed by atoms with Crippen molar-refractivity contribution in [1.29, 1.82) is 0 Å². The molecule has 0 fully saturated rings. The second-order valence-electron chi connectivity index (χ2n) is 8.39. The zero-order chi connectivity index (χ0) is 24.7. The molecule has 4 aromatic rings. The van der Waals surface area contributed by atoms with Crippen molar-refractivity contribution in [2.24, 2.45) is 0 Å². The van der Waals surface area contributed by atoms with E-state index >= 15 is 0 Å². The average molecular weight is 490 g/mol. The molecule has 2 N–H and O–H groups in total. The average Bonchev–Trinajstić information content (AvgIpc) is 3.30. The van der Waals surface area contributed by atoms with Gasteiger partial charge >= 0.3 is 0 Å². The summed E-state index contributed by atoms with van der Waals surface area (Å²) >= 11 is 6.34. The molecule has 0 aliphatic carbocycles. The Labute approximate surface area is 207 Å². The predicted octanol–water partition coefficient (Wildman–Crippen LogP) is 5.39. The minimum absolute atomic E-state index is 0.134. The Bertz CT molecular complexity index is 1450. The molecule has 1 aromatic heterocycles. The number of aromatic amines is 1. The van der Waals surface area contributed by atoms with Crippen LogP contribution in [0.4, 0.5) is 5.69 Å². The van der Waals surface area contributed by atoms with Crippen molar-refractivity contribution in [2.45, 2.75) is 12.0 Å². The Kier molecular flexibility index (Phi) is 5.86. The maximum absolute atomic E-state index is 14.0. The van der Waals surface area contributed by atoms with E-state index in [1.165, 1.54) is 14.2 Å². The molecule has 0 saturated carbocycles. The number of hydrogen-bond acceptors (Lipinski definition) is 4. The van der Waals surface area contributed by atoms with Gasteiger partial charge < -0.3 is 24.7 Å². The van der Waals surface area contributed by atoms with Crippen molar-refractivity contribution >= 4 is 40.0 Å². The molecule has 2 amide bonds. The predicted molar refractivity (Wildman–Crippen MR) is 136 cm³/mol. The summed E-state index contributed by atoms with van der Waals surface area (Å²) in [5.41, 5.74) is 3.39. The number of H-pyrrole nitrogens is 1. The van der Waals surface area contributed by atoms with Gasteiger partial charge in [0.15, 0.2) is 0 Å². The quantitative estimate of drug-likeness (QED) is 0.394. The largest absolute Gasteiger partial charge is 0.495 e. The number of rotatable bonds is 5. The third-order valence-electron chi connectivity index (χ3n) is 6.53. The van der Waals surface area contributed by atoms with Crippen LogP contribution in [0.1, 0.15) is 33.4 Å². The van der Waals surface area contributed by atoms with Gasteiger partial charge in [-0.25, -0.2) is 0 Å². The molecule has 1 aliphatic heterocycles. The highest BCUT2D eigenvalue weighted by Crippen LogP contribution is 2.45. The van der Waals surface area contributed by atoms with E-state index in [1.54, 1.807) is 36.2 Å². The molecule has 178 valence electrons. The fourth-order valence-corrected chi connectivity index (χ4v) is 5.09. The van der Waals surface area contributed by atoms with Crippen LogP contribution in [0.3, 0.4) is 0 Å². The van der Waals surface area contributed by atoms with Crippen molar-refractivity contribution < 1.29 is 19.1 Å². The minimum Gasteiger partial charge on any atom is -0.495 e. The van der Waals surface area contributed by atoms with Gasteiger partial charge in [0.25, 0.3) is 5.91 Å². The molecular formula is C27H24ClN3O4. The van der Waals surface area contributed by atoms with Crippen molar-refractivity contribution in [3.63, 3.8) is 0 Å². The highest BCUT2D eigenvalue weighted by atomic mass is 35.5. The number of halogens is 1. The van der Waals surface area contributed by atoms with E-state index < -0.39 is 12.0 Å². The summed E-state index contributed by atoms with van der Waals surface area (Å²) in [6.07, 6.45) is 1.87. The van der Waals surface area contributed by atoms with E-state index in [0.29, 0.717) is 33.3 Å². The molecule has 3 aromatic carbocycles. The number of nitrogens with one attached hydrogen (secondary N) is 2. The summed E-state index contributed by atoms with van der Waals surface area (Å²) in [4.78, 5) is 32.2. The Balaban J connectivity index is 1.64. The topological polar surface area (TPSA) is 83.7 Å². The number of para-hydroxylation sites is 1. The van der Waals surface area contributed by atoms with Crippen LogP contribution in [0.15, 0.2) is 66.9 Å². The molecule has 7 nitrogen and oxygen atoms in total. The fourth-order valence-electron chi connectivity index (χ4n) is 4.85. The van der Waals surface area contributed by atoms with Gasteiger partial charge in [0.1, 0.15) is 11.5 Å². The van der Waals surface area contributed by atoms with Gasteiger partial charge in [-0.2, -0.15) is 0 Å². The molecule has 35 heavy (non-hydrogen) atoms. The number of methoxy groups -OCH3 is 2. The zero-order valence-electron chi connectivity index (χ0n) is 19.5. The standard InChI is InChI=1S/C27H24ClN3O4/c1-31-25(18-14-29-20-11-7-6-8-15(18)20)24(16-9-4-5-10-17(16)27(31)33)26(32)30-21-12-19(28)22(34-2)13-23(21)35-3/h4-14,24-25,29H,1-3H3,(H,30,32). The second-order valence-corrected chi connectivity index (χ2v) is 8.80. The maximum Gasteiger partial charge on any atom is 0.254 e. The van der Waals surface area contributed by atoms with Crippen LogP contribution in [-0.2, 0) is 4.79 Å². The maximum atomic E-state index is 14.0. The first-order valence-corrected chi connectivity index (χ1v) is 11.5. The highest BCUT2D eigenvalue weighted by molar-refractivity contribution is 6.32. The number of amides is 2. The normalized spacial score (nSPS) is 17.3. The van der Waals surface area contributed by atoms with E-state index in [4.69, 9.17) is 21.1 Å². The molecule has 0 saturated heterocycles. The number of hydrogen-bond donors (Lipinski definition) is 2. The van der Waals surface area contributed by atoms with E-state index in [1.807, 2.05) is 42.6 Å². The van der Waals surface area contributed by atoms with E-state index in [-0.39, 0.29) is 11.8 Å². The van der Waals surface area contributed by atoms with Crippen molar-refractivity contribution in [2.75, 3.05) is 26.6 Å². The lowest BCUT2D eigenvalue weighted by atomic mass is 9.79. The Morgan fingerprint density at radius 3 is 2.49 bits per heavy atom. The van der Waals surface area contributed by atoms with Crippen molar-refractivity contribution in [1.82, 2.24) is 9.88 Å². The van der Waals surface area contributed by atoms with Gasteiger partial charge in [0.05, 0.1) is 36.9 Å². The van der Waals surface area contributed by atoms with Gasteiger partial charge in [-0.3, -0.25) is 9.59 Å². The molecule has 8 heteroatoms. The summed E-state index contributed by atoms with van der Waals surface area (Å²) in [5.74, 6) is -0.251. The lowest BCUT2D eigenvalue weighted by Crippen LogP contribution is -2.44. The van der Waals surface area contributed by atoms with Crippen LogP contribution >= 0.6 is 11.6 Å². The molecule has 0 radical (unpaired) electrons. The van der Waals surface area contributed by atoms with Crippen LogP contribution in [0, 0.1) is 0 Å². The summed E-state index contributed by atoms with van der Waals surface area (Å²) in [5, 5.41) is 4.29. The molecule has 0 spiro atoms. The smallest absolute Gasteiger partial charge is 0.254 e. The lowest BCUT2D eigenvalue weighted by Gasteiger charge is -2.39. The number of aromatic nitrogens is 1. The SMILES string of the molecule is COc1cc(OC)c(NC(=O)C2c3ccccc3C(=O)N(C)C2c2c[nH]c3ccccc23)cc1Cl. The van der Waals surface area contributed by atoms with Crippen LogP contribution in [-0.4, -0.2) is 43.0 Å². The van der Waals surface area contributed by atoms with E-state index in [9.17, 15) is 9.59 Å². The molecule has 2 heterocycles. The van der Waals surface area contributed by atoms with E-state index in [0.717, 1.165) is 16.5 Å². The van der Waals surface area contributed by atoms with Crippen molar-refractivity contribution in [3.8, 4) is 11.5 Å². The van der Waals surface area contributed by atoms with Gasteiger partial charge in [-0.15, -0.1) is 0 Å². The number of anilines is 1. The molecule has 2 atom stereocenters. The molecule has 0 bridgehead atoms. The minimum atomic E-state index is -0.682. The fraction of sp³-hybridized carbons (Fsp3) is 0.185. The van der Waals surface area contributed by atoms with Crippen LogP contribution < -0.4 is 14.8 Å². The first-order valence-electron chi connectivity index (χ1n) is 11.1. The first-order chi connectivity index (χ1) is 16.9. The van der Waals surface area contributed by atoms with Crippen molar-refractivity contribution in [3.05, 3.63) is 88.6 Å². The first kappa shape index (κ1) is 22.8. The zero-order valence-corrected chi connectivity index (χ0v) is 20.2. The number of carbonyl (C=O) groups excluding carboxylic acids is 2. The number of likely N-dealkylation sites (N-methyl/N-ethyl adjacent to an activating group) is 1. The number of fused-ring (bicyclic) bond motifs is 2. The third-order valence-corrected chi connectivity index (χ3v) is 6.83.